The molecule has 0 saturated carbocycles. The van der Waals surface area contributed by atoms with Crippen LogP contribution in [0.15, 0.2) is 18.2 Å². The Hall–Kier alpha value is -1.30. The number of rotatable bonds is 10. The van der Waals surface area contributed by atoms with Crippen molar-refractivity contribution in [3.05, 3.63) is 23.8 Å². The molecule has 0 fully saturated rings. The zero-order chi connectivity index (χ0) is 19.1. The number of nitrogens with two attached hydrogens (primary N) is 1. The van der Waals surface area contributed by atoms with Crippen molar-refractivity contribution in [2.75, 3.05) is 27.4 Å². The van der Waals surface area contributed by atoms with Crippen LogP contribution >= 0.6 is 0 Å². The summed E-state index contributed by atoms with van der Waals surface area (Å²) in [4.78, 5) is 0. The minimum absolute atomic E-state index is 0.0998. The first kappa shape index (κ1) is 21.7. The number of aliphatic hydroxyl groups is 1. The molecular formula is C20H36NO4+. The van der Waals surface area contributed by atoms with Crippen LogP contribution in [0.2, 0.25) is 0 Å². The highest BCUT2D eigenvalue weighted by atomic mass is 16.5. The molecule has 0 aliphatic carbocycles. The molecule has 0 amide bonds. The van der Waals surface area contributed by atoms with Gasteiger partial charge in [0, 0.05) is 6.42 Å². The average Bonchev–Trinajstić information content (AvgIpc) is 2.50. The summed E-state index contributed by atoms with van der Waals surface area (Å²) in [5.74, 6) is 1.38. The van der Waals surface area contributed by atoms with Crippen LogP contribution in [-0.2, 0) is 11.3 Å². The monoisotopic (exact) mass is 354 g/mol. The third-order valence-corrected chi connectivity index (χ3v) is 3.96. The van der Waals surface area contributed by atoms with Gasteiger partial charge in [-0.05, 0) is 37.0 Å². The van der Waals surface area contributed by atoms with Crippen LogP contribution < -0.4 is 14.8 Å². The van der Waals surface area contributed by atoms with Crippen LogP contribution in [0.25, 0.3) is 0 Å². The molecule has 25 heavy (non-hydrogen) atoms. The molecule has 0 aliphatic rings. The van der Waals surface area contributed by atoms with E-state index in [0.717, 1.165) is 12.0 Å². The number of hydrogen-bond donors (Lipinski definition) is 2. The van der Waals surface area contributed by atoms with Gasteiger partial charge in [0.1, 0.15) is 12.6 Å². The Morgan fingerprint density at radius 1 is 1.04 bits per heavy atom. The zero-order valence-electron chi connectivity index (χ0n) is 16.9. The van der Waals surface area contributed by atoms with Crippen LogP contribution in [0.1, 0.15) is 46.6 Å². The minimum Gasteiger partial charge on any atom is -0.493 e. The van der Waals surface area contributed by atoms with Gasteiger partial charge in [-0.15, -0.1) is 0 Å². The van der Waals surface area contributed by atoms with Crippen molar-refractivity contribution in [1.82, 2.24) is 0 Å². The van der Waals surface area contributed by atoms with Gasteiger partial charge in [0.2, 0.25) is 0 Å². The third-order valence-electron chi connectivity index (χ3n) is 3.96. The van der Waals surface area contributed by atoms with E-state index in [9.17, 15) is 5.11 Å². The quantitative estimate of drug-likeness (QED) is 0.677. The number of ether oxygens (including phenoxy) is 3. The van der Waals surface area contributed by atoms with E-state index < -0.39 is 6.10 Å². The van der Waals surface area contributed by atoms with Gasteiger partial charge in [-0.1, -0.05) is 26.8 Å². The molecule has 0 saturated heterocycles. The standard InChI is InChI=1S/C20H35NO4/c1-19(2,3)14-20(4,5)21-11-16(22)13-25-12-15-8-9-17(23-6)18(10-15)24-7/h8-10,16,21-22H,11-14H2,1-7H3/p+1/t16-/m1/s1. The summed E-state index contributed by atoms with van der Waals surface area (Å²) in [7, 11) is 3.23. The SMILES string of the molecule is COc1ccc(COC[C@H](O)C[NH2+]C(C)(C)CC(C)(C)C)cc1OC. The predicted octanol–water partition coefficient (Wildman–Crippen LogP) is 2.36. The van der Waals surface area contributed by atoms with Crippen LogP contribution in [0, 0.1) is 5.41 Å². The molecule has 0 unspecified atom stereocenters. The molecular weight excluding hydrogens is 318 g/mol. The summed E-state index contributed by atoms with van der Waals surface area (Å²) in [5, 5.41) is 12.4. The van der Waals surface area contributed by atoms with Gasteiger partial charge in [-0.25, -0.2) is 0 Å². The first-order valence-corrected chi connectivity index (χ1v) is 8.87. The van der Waals surface area contributed by atoms with Crippen LogP contribution in [0.4, 0.5) is 0 Å². The number of aliphatic hydroxyl groups excluding tert-OH is 1. The van der Waals surface area contributed by atoms with Gasteiger partial charge in [-0.2, -0.15) is 0 Å². The second-order valence-electron chi connectivity index (χ2n) is 8.52. The van der Waals surface area contributed by atoms with Gasteiger partial charge in [0.05, 0.1) is 33.0 Å². The first-order chi connectivity index (χ1) is 11.6. The maximum Gasteiger partial charge on any atom is 0.161 e. The molecule has 5 nitrogen and oxygen atoms in total. The smallest absolute Gasteiger partial charge is 0.161 e. The van der Waals surface area contributed by atoms with Crippen molar-refractivity contribution in [2.24, 2.45) is 5.41 Å². The number of benzene rings is 1. The van der Waals surface area contributed by atoms with E-state index in [1.54, 1.807) is 14.2 Å². The highest BCUT2D eigenvalue weighted by Gasteiger charge is 2.28. The van der Waals surface area contributed by atoms with Gasteiger partial charge in [-0.3, -0.25) is 0 Å². The summed E-state index contributed by atoms with van der Waals surface area (Å²) in [6, 6.07) is 5.69. The molecule has 0 aliphatic heterocycles. The molecule has 0 aromatic heterocycles. The number of quaternary nitrogens is 1. The fraction of sp³-hybridized carbons (Fsp3) is 0.700. The fourth-order valence-electron chi connectivity index (χ4n) is 3.25. The molecule has 0 heterocycles. The second-order valence-corrected chi connectivity index (χ2v) is 8.52. The Morgan fingerprint density at radius 2 is 1.68 bits per heavy atom. The molecule has 1 rings (SSSR count). The second kappa shape index (κ2) is 9.41. The van der Waals surface area contributed by atoms with Crippen molar-refractivity contribution < 1.29 is 24.6 Å². The Balaban J connectivity index is 2.38. The third kappa shape index (κ3) is 8.56. The minimum atomic E-state index is -0.487. The van der Waals surface area contributed by atoms with Crippen molar-refractivity contribution in [3.63, 3.8) is 0 Å². The lowest BCUT2D eigenvalue weighted by Gasteiger charge is -2.31. The lowest BCUT2D eigenvalue weighted by atomic mass is 9.82. The zero-order valence-corrected chi connectivity index (χ0v) is 16.9. The largest absolute Gasteiger partial charge is 0.493 e. The topological polar surface area (TPSA) is 64.5 Å². The van der Waals surface area contributed by atoms with Gasteiger partial charge in [0.25, 0.3) is 0 Å². The molecule has 1 aromatic rings. The van der Waals surface area contributed by atoms with Crippen LogP contribution in [0.5, 0.6) is 11.5 Å². The lowest BCUT2D eigenvalue weighted by Crippen LogP contribution is -2.97. The van der Waals surface area contributed by atoms with E-state index in [1.807, 2.05) is 18.2 Å². The molecule has 0 radical (unpaired) electrons. The summed E-state index contributed by atoms with van der Waals surface area (Å²) in [6.45, 7) is 12.5. The lowest BCUT2D eigenvalue weighted by molar-refractivity contribution is -0.728. The highest BCUT2D eigenvalue weighted by molar-refractivity contribution is 5.42. The van der Waals surface area contributed by atoms with E-state index in [0.29, 0.717) is 31.3 Å². The van der Waals surface area contributed by atoms with E-state index in [-0.39, 0.29) is 11.0 Å². The van der Waals surface area contributed by atoms with Crippen LogP contribution in [0.3, 0.4) is 0 Å². The van der Waals surface area contributed by atoms with E-state index in [1.165, 1.54) is 0 Å². The molecule has 1 aromatic carbocycles. The van der Waals surface area contributed by atoms with Crippen molar-refractivity contribution in [3.8, 4) is 11.5 Å². The van der Waals surface area contributed by atoms with Gasteiger partial charge >= 0.3 is 0 Å². The number of hydrogen-bond acceptors (Lipinski definition) is 4. The Bertz CT molecular complexity index is 523. The molecule has 144 valence electrons. The molecule has 3 N–H and O–H groups in total. The van der Waals surface area contributed by atoms with E-state index in [4.69, 9.17) is 14.2 Å². The van der Waals surface area contributed by atoms with E-state index >= 15 is 0 Å². The normalized spacial score (nSPS) is 13.6. The predicted molar refractivity (Wildman–Crippen MR) is 100 cm³/mol. The summed E-state index contributed by atoms with van der Waals surface area (Å²) < 4.78 is 16.2. The number of methoxy groups -OCH3 is 2. The Morgan fingerprint density at radius 3 is 2.24 bits per heavy atom. The summed E-state index contributed by atoms with van der Waals surface area (Å²) in [5.41, 5.74) is 1.36. The van der Waals surface area contributed by atoms with Gasteiger partial charge < -0.3 is 24.6 Å². The van der Waals surface area contributed by atoms with E-state index in [2.05, 4.69) is 39.9 Å². The maximum atomic E-state index is 10.2. The Kier molecular flexibility index (Phi) is 8.19. The van der Waals surface area contributed by atoms with Crippen molar-refractivity contribution in [2.45, 2.75) is 59.3 Å². The van der Waals surface area contributed by atoms with Crippen molar-refractivity contribution in [1.29, 1.82) is 0 Å². The molecule has 1 atom stereocenters. The van der Waals surface area contributed by atoms with Crippen molar-refractivity contribution >= 4 is 0 Å². The highest BCUT2D eigenvalue weighted by Crippen LogP contribution is 2.27. The summed E-state index contributed by atoms with van der Waals surface area (Å²) in [6.07, 6.45) is 0.596. The van der Waals surface area contributed by atoms with Gasteiger partial charge in [0.15, 0.2) is 11.5 Å². The molecule has 5 heteroatoms. The first-order valence-electron chi connectivity index (χ1n) is 8.87. The average molecular weight is 355 g/mol. The fourth-order valence-corrected chi connectivity index (χ4v) is 3.25. The molecule has 0 bridgehead atoms. The summed E-state index contributed by atoms with van der Waals surface area (Å²) >= 11 is 0. The van der Waals surface area contributed by atoms with Crippen LogP contribution in [-0.4, -0.2) is 44.1 Å². The maximum absolute atomic E-state index is 10.2. The Labute approximate surface area is 152 Å². The molecule has 0 spiro atoms.